The molecule has 0 aliphatic heterocycles. The van der Waals surface area contributed by atoms with Gasteiger partial charge in [-0.1, -0.05) is 41.4 Å². The number of hydrogen-bond acceptors (Lipinski definition) is 1. The fourth-order valence-corrected chi connectivity index (χ4v) is 1.77. The first kappa shape index (κ1) is 10.1. The summed E-state index contributed by atoms with van der Waals surface area (Å²) in [5, 5.41) is 0.672. The van der Waals surface area contributed by atoms with Crippen molar-refractivity contribution in [2.75, 3.05) is 5.73 Å². The second kappa shape index (κ2) is 3.95. The Labute approximate surface area is 94.5 Å². The Morgan fingerprint density at radius 3 is 2.20 bits per heavy atom. The van der Waals surface area contributed by atoms with Gasteiger partial charge in [-0.05, 0) is 36.2 Å². The Hall–Kier alpha value is -1.47. The monoisotopic (exact) mass is 217 g/mol. The van der Waals surface area contributed by atoms with E-state index in [0.717, 1.165) is 11.1 Å². The lowest BCUT2D eigenvalue weighted by Crippen LogP contribution is -1.86. The Morgan fingerprint density at radius 1 is 0.933 bits per heavy atom. The topological polar surface area (TPSA) is 26.0 Å². The fraction of sp³-hybridized carbons (Fsp3) is 0.0769. The lowest BCUT2D eigenvalue weighted by molar-refractivity contribution is 1.47. The van der Waals surface area contributed by atoms with E-state index in [2.05, 4.69) is 31.2 Å². The van der Waals surface area contributed by atoms with Crippen molar-refractivity contribution < 1.29 is 0 Å². The molecule has 15 heavy (non-hydrogen) atoms. The summed E-state index contributed by atoms with van der Waals surface area (Å²) in [6, 6.07) is 13.9. The van der Waals surface area contributed by atoms with Crippen LogP contribution in [0.2, 0.25) is 5.02 Å². The van der Waals surface area contributed by atoms with Gasteiger partial charge in [-0.25, -0.2) is 0 Å². The summed E-state index contributed by atoms with van der Waals surface area (Å²) in [5.74, 6) is 0. The summed E-state index contributed by atoms with van der Waals surface area (Å²) >= 11 is 5.95. The van der Waals surface area contributed by atoms with Crippen molar-refractivity contribution in [3.05, 3.63) is 53.1 Å². The van der Waals surface area contributed by atoms with Crippen LogP contribution in [0.4, 0.5) is 5.69 Å². The van der Waals surface area contributed by atoms with E-state index in [9.17, 15) is 0 Å². The second-order valence-corrected chi connectivity index (χ2v) is 4.08. The summed E-state index contributed by atoms with van der Waals surface area (Å²) in [5.41, 5.74) is 9.87. The number of rotatable bonds is 1. The average molecular weight is 218 g/mol. The number of aryl methyl sites for hydroxylation is 1. The normalized spacial score (nSPS) is 10.3. The van der Waals surface area contributed by atoms with Gasteiger partial charge in [-0.15, -0.1) is 0 Å². The zero-order chi connectivity index (χ0) is 10.8. The number of benzene rings is 2. The molecule has 2 aromatic rings. The molecule has 2 rings (SSSR count). The molecule has 1 nitrogen and oxygen atoms in total. The van der Waals surface area contributed by atoms with E-state index in [1.165, 1.54) is 5.56 Å². The van der Waals surface area contributed by atoms with Gasteiger partial charge in [0.25, 0.3) is 0 Å². The quantitative estimate of drug-likeness (QED) is 0.721. The molecule has 0 heterocycles. The van der Waals surface area contributed by atoms with E-state index in [1.54, 1.807) is 6.07 Å². The zero-order valence-corrected chi connectivity index (χ0v) is 9.25. The molecule has 76 valence electrons. The first-order valence-electron chi connectivity index (χ1n) is 4.78. The number of nitrogens with two attached hydrogens (primary N) is 1. The van der Waals surface area contributed by atoms with Crippen LogP contribution in [0.5, 0.6) is 0 Å². The summed E-state index contributed by atoms with van der Waals surface area (Å²) in [7, 11) is 0. The van der Waals surface area contributed by atoms with Gasteiger partial charge in [-0.2, -0.15) is 0 Å². The van der Waals surface area contributed by atoms with Crippen molar-refractivity contribution in [2.24, 2.45) is 0 Å². The third kappa shape index (κ3) is 2.31. The van der Waals surface area contributed by atoms with Gasteiger partial charge in [0.05, 0.1) is 0 Å². The average Bonchev–Trinajstić information content (AvgIpc) is 2.17. The lowest BCUT2D eigenvalue weighted by atomic mass is 10.0. The third-order valence-electron chi connectivity index (χ3n) is 2.31. The Bertz CT molecular complexity index is 454. The SMILES string of the molecule is Cc1ccc(-c2cc(N)cc(Cl)c2)cc1. The molecule has 2 aromatic carbocycles. The largest absolute Gasteiger partial charge is 0.399 e. The summed E-state index contributed by atoms with van der Waals surface area (Å²) in [6.45, 7) is 2.07. The molecule has 0 radical (unpaired) electrons. The standard InChI is InChI=1S/C13H12ClN/c1-9-2-4-10(5-3-9)11-6-12(14)8-13(15)7-11/h2-8H,15H2,1H3. The molecule has 0 unspecified atom stereocenters. The van der Waals surface area contributed by atoms with Crippen LogP contribution in [0.15, 0.2) is 42.5 Å². The highest BCUT2D eigenvalue weighted by molar-refractivity contribution is 6.31. The highest BCUT2D eigenvalue weighted by Crippen LogP contribution is 2.25. The predicted octanol–water partition coefficient (Wildman–Crippen LogP) is 3.90. The van der Waals surface area contributed by atoms with Gasteiger partial charge in [0.2, 0.25) is 0 Å². The van der Waals surface area contributed by atoms with Gasteiger partial charge in [-0.3, -0.25) is 0 Å². The molecular weight excluding hydrogens is 206 g/mol. The van der Waals surface area contributed by atoms with Crippen LogP contribution in [0, 0.1) is 6.92 Å². The molecule has 0 saturated carbocycles. The van der Waals surface area contributed by atoms with Crippen molar-refractivity contribution in [2.45, 2.75) is 6.92 Å². The molecular formula is C13H12ClN. The van der Waals surface area contributed by atoms with Crippen molar-refractivity contribution in [1.82, 2.24) is 0 Å². The zero-order valence-electron chi connectivity index (χ0n) is 8.50. The van der Waals surface area contributed by atoms with Crippen LogP contribution in [0.1, 0.15) is 5.56 Å². The van der Waals surface area contributed by atoms with Crippen molar-refractivity contribution in [1.29, 1.82) is 0 Å². The Kier molecular flexibility index (Phi) is 2.65. The minimum Gasteiger partial charge on any atom is -0.399 e. The number of nitrogen functional groups attached to an aromatic ring is 1. The molecule has 2 heteroatoms. The van der Waals surface area contributed by atoms with E-state index >= 15 is 0 Å². The molecule has 0 aromatic heterocycles. The summed E-state index contributed by atoms with van der Waals surface area (Å²) < 4.78 is 0. The third-order valence-corrected chi connectivity index (χ3v) is 2.52. The Morgan fingerprint density at radius 2 is 1.60 bits per heavy atom. The summed E-state index contributed by atoms with van der Waals surface area (Å²) in [4.78, 5) is 0. The van der Waals surface area contributed by atoms with Crippen LogP contribution >= 0.6 is 11.6 Å². The van der Waals surface area contributed by atoms with Crippen molar-refractivity contribution in [3.8, 4) is 11.1 Å². The minimum absolute atomic E-state index is 0.672. The molecule has 0 atom stereocenters. The van der Waals surface area contributed by atoms with Crippen LogP contribution < -0.4 is 5.73 Å². The Balaban J connectivity index is 2.49. The molecule has 2 N–H and O–H groups in total. The minimum atomic E-state index is 0.672. The van der Waals surface area contributed by atoms with Gasteiger partial charge in [0.1, 0.15) is 0 Å². The van der Waals surface area contributed by atoms with Gasteiger partial charge >= 0.3 is 0 Å². The number of halogens is 1. The maximum atomic E-state index is 5.95. The van der Waals surface area contributed by atoms with E-state index in [-0.39, 0.29) is 0 Å². The summed E-state index contributed by atoms with van der Waals surface area (Å²) in [6.07, 6.45) is 0. The molecule has 0 bridgehead atoms. The molecule has 0 fully saturated rings. The van der Waals surface area contributed by atoms with Gasteiger partial charge in [0, 0.05) is 10.7 Å². The van der Waals surface area contributed by atoms with E-state index < -0.39 is 0 Å². The maximum absolute atomic E-state index is 5.95. The van der Waals surface area contributed by atoms with Crippen LogP contribution in [0.3, 0.4) is 0 Å². The predicted molar refractivity (Wildman–Crippen MR) is 66.0 cm³/mol. The highest BCUT2D eigenvalue weighted by atomic mass is 35.5. The molecule has 0 saturated heterocycles. The van der Waals surface area contributed by atoms with Crippen molar-refractivity contribution in [3.63, 3.8) is 0 Å². The fourth-order valence-electron chi connectivity index (χ4n) is 1.53. The number of hydrogen-bond donors (Lipinski definition) is 1. The highest BCUT2D eigenvalue weighted by Gasteiger charge is 2.00. The molecule has 0 aliphatic carbocycles. The lowest BCUT2D eigenvalue weighted by Gasteiger charge is -2.04. The first-order chi connectivity index (χ1) is 7.15. The van der Waals surface area contributed by atoms with Crippen molar-refractivity contribution >= 4 is 17.3 Å². The van der Waals surface area contributed by atoms with Crippen LogP contribution in [-0.2, 0) is 0 Å². The number of anilines is 1. The second-order valence-electron chi connectivity index (χ2n) is 3.64. The van der Waals surface area contributed by atoms with Crippen LogP contribution in [-0.4, -0.2) is 0 Å². The smallest absolute Gasteiger partial charge is 0.0432 e. The van der Waals surface area contributed by atoms with Gasteiger partial charge in [0.15, 0.2) is 0 Å². The first-order valence-corrected chi connectivity index (χ1v) is 5.16. The van der Waals surface area contributed by atoms with E-state index in [4.69, 9.17) is 17.3 Å². The molecule has 0 aliphatic rings. The van der Waals surface area contributed by atoms with Gasteiger partial charge < -0.3 is 5.73 Å². The molecule has 0 spiro atoms. The van der Waals surface area contributed by atoms with E-state index in [1.807, 2.05) is 12.1 Å². The van der Waals surface area contributed by atoms with Crippen LogP contribution in [0.25, 0.3) is 11.1 Å². The molecule has 0 amide bonds. The maximum Gasteiger partial charge on any atom is 0.0432 e. The van der Waals surface area contributed by atoms with E-state index in [0.29, 0.717) is 10.7 Å².